The van der Waals surface area contributed by atoms with Crippen molar-refractivity contribution in [2.75, 3.05) is 6.61 Å². The van der Waals surface area contributed by atoms with Crippen molar-refractivity contribution in [3.8, 4) is 0 Å². The third kappa shape index (κ3) is 6.16. The minimum Gasteiger partial charge on any atom is -0.369 e. The summed E-state index contributed by atoms with van der Waals surface area (Å²) in [6, 6.07) is 0. The molecule has 0 rings (SSSR count). The Morgan fingerprint density at radius 2 is 1.64 bits per heavy atom. The maximum atomic E-state index is 11.6. The van der Waals surface area contributed by atoms with Crippen molar-refractivity contribution in [2.24, 2.45) is 0 Å². The zero-order valence-electron chi connectivity index (χ0n) is 6.74. The van der Waals surface area contributed by atoms with Crippen molar-refractivity contribution in [1.29, 1.82) is 0 Å². The van der Waals surface area contributed by atoms with Crippen LogP contribution in [-0.4, -0.2) is 18.9 Å². The van der Waals surface area contributed by atoms with Crippen LogP contribution in [0.2, 0.25) is 0 Å². The van der Waals surface area contributed by atoms with Gasteiger partial charge in [0.1, 0.15) is 6.61 Å². The predicted octanol–water partition coefficient (Wildman–Crippen LogP) is 2.75. The monoisotopic (exact) mass is 170 g/mol. The Morgan fingerprint density at radius 3 is 1.91 bits per heavy atom. The quantitative estimate of drug-likeness (QED) is 0.630. The molecule has 0 aromatic carbocycles. The minimum atomic E-state index is -4.19. The van der Waals surface area contributed by atoms with Crippen molar-refractivity contribution in [3.63, 3.8) is 0 Å². The third-order valence-electron chi connectivity index (χ3n) is 1.39. The summed E-state index contributed by atoms with van der Waals surface area (Å²) in [7, 11) is 0. The number of hydrogen-bond donors (Lipinski definition) is 0. The fraction of sp³-hybridized carbons (Fsp3) is 1.00. The van der Waals surface area contributed by atoms with Gasteiger partial charge >= 0.3 is 6.18 Å². The Labute approximate surface area is 64.5 Å². The number of ether oxygens (including phenoxy) is 1. The molecule has 0 N–H and O–H groups in total. The van der Waals surface area contributed by atoms with Gasteiger partial charge < -0.3 is 4.74 Å². The Bertz CT molecular complexity index is 96.3. The molecule has 0 amide bonds. The van der Waals surface area contributed by atoms with Crippen LogP contribution in [0.15, 0.2) is 0 Å². The highest BCUT2D eigenvalue weighted by Crippen LogP contribution is 2.16. The predicted molar refractivity (Wildman–Crippen MR) is 36.4 cm³/mol. The fourth-order valence-corrected chi connectivity index (χ4v) is 0.737. The molecule has 4 heteroatoms. The molecule has 0 spiro atoms. The van der Waals surface area contributed by atoms with E-state index in [1.54, 1.807) is 0 Å². The molecule has 0 radical (unpaired) electrons. The van der Waals surface area contributed by atoms with Crippen LogP contribution in [0.5, 0.6) is 0 Å². The van der Waals surface area contributed by atoms with E-state index in [-0.39, 0.29) is 6.10 Å². The van der Waals surface area contributed by atoms with Crippen LogP contribution in [0, 0.1) is 0 Å². The lowest BCUT2D eigenvalue weighted by molar-refractivity contribution is -0.185. The van der Waals surface area contributed by atoms with Gasteiger partial charge in [0.15, 0.2) is 0 Å². The molecule has 0 aliphatic heterocycles. The molecule has 0 aliphatic rings. The van der Waals surface area contributed by atoms with Gasteiger partial charge in [-0.3, -0.25) is 0 Å². The molecule has 1 nitrogen and oxygen atoms in total. The molecule has 0 saturated carbocycles. The highest BCUT2D eigenvalue weighted by atomic mass is 19.4. The van der Waals surface area contributed by atoms with Crippen molar-refractivity contribution >= 4 is 0 Å². The lowest BCUT2D eigenvalue weighted by atomic mass is 10.2. The van der Waals surface area contributed by atoms with E-state index in [2.05, 4.69) is 4.74 Å². The summed E-state index contributed by atoms with van der Waals surface area (Å²) in [5, 5.41) is 0. The summed E-state index contributed by atoms with van der Waals surface area (Å²) in [6.45, 7) is 2.49. The molecule has 0 fully saturated rings. The normalized spacial score (nSPS) is 12.5. The number of hydrogen-bond acceptors (Lipinski definition) is 1. The zero-order chi connectivity index (χ0) is 8.91. The first kappa shape index (κ1) is 10.8. The van der Waals surface area contributed by atoms with Crippen LogP contribution in [-0.2, 0) is 4.74 Å². The maximum Gasteiger partial charge on any atom is 0.411 e. The Hall–Kier alpha value is -0.250. The number of alkyl halides is 3. The van der Waals surface area contributed by atoms with Crippen molar-refractivity contribution in [1.82, 2.24) is 0 Å². The average molecular weight is 170 g/mol. The standard InChI is InChI=1S/C7H13F3O/c1-3-6(4-2)11-5-7(8,9)10/h6H,3-5H2,1-2H3. The fourth-order valence-electron chi connectivity index (χ4n) is 0.737. The van der Waals surface area contributed by atoms with Crippen LogP contribution >= 0.6 is 0 Å². The van der Waals surface area contributed by atoms with Gasteiger partial charge in [-0.25, -0.2) is 0 Å². The van der Waals surface area contributed by atoms with Gasteiger partial charge in [-0.15, -0.1) is 0 Å². The topological polar surface area (TPSA) is 9.23 Å². The highest BCUT2D eigenvalue weighted by Gasteiger charge is 2.28. The Balaban J connectivity index is 3.51. The van der Waals surface area contributed by atoms with Crippen LogP contribution in [0.4, 0.5) is 13.2 Å². The molecule has 0 aromatic rings. The van der Waals surface area contributed by atoms with Crippen molar-refractivity contribution < 1.29 is 17.9 Å². The maximum absolute atomic E-state index is 11.6. The van der Waals surface area contributed by atoms with Crippen molar-refractivity contribution in [2.45, 2.75) is 39.0 Å². The smallest absolute Gasteiger partial charge is 0.369 e. The summed E-state index contributed by atoms with van der Waals surface area (Å²) < 4.78 is 39.3. The van der Waals surface area contributed by atoms with Crippen LogP contribution in [0.1, 0.15) is 26.7 Å². The van der Waals surface area contributed by atoms with Crippen LogP contribution in [0.3, 0.4) is 0 Å². The van der Waals surface area contributed by atoms with Gasteiger partial charge in [-0.1, -0.05) is 13.8 Å². The van der Waals surface area contributed by atoms with Crippen LogP contribution in [0.25, 0.3) is 0 Å². The van der Waals surface area contributed by atoms with Gasteiger partial charge in [0.25, 0.3) is 0 Å². The lowest BCUT2D eigenvalue weighted by Crippen LogP contribution is -2.22. The van der Waals surface area contributed by atoms with Gasteiger partial charge in [-0.05, 0) is 12.8 Å². The first-order chi connectivity index (χ1) is 4.99. The summed E-state index contributed by atoms with van der Waals surface area (Å²) >= 11 is 0. The summed E-state index contributed by atoms with van der Waals surface area (Å²) in [4.78, 5) is 0. The largest absolute Gasteiger partial charge is 0.411 e. The van der Waals surface area contributed by atoms with Gasteiger partial charge in [0.2, 0.25) is 0 Å². The highest BCUT2D eigenvalue weighted by molar-refractivity contribution is 4.54. The van der Waals surface area contributed by atoms with E-state index in [0.29, 0.717) is 12.8 Å². The van der Waals surface area contributed by atoms with Gasteiger partial charge in [0, 0.05) is 0 Å². The molecule has 0 bridgehead atoms. The van der Waals surface area contributed by atoms with E-state index < -0.39 is 12.8 Å². The Morgan fingerprint density at radius 1 is 1.18 bits per heavy atom. The molecule has 0 atom stereocenters. The minimum absolute atomic E-state index is 0.253. The van der Waals surface area contributed by atoms with Crippen molar-refractivity contribution in [3.05, 3.63) is 0 Å². The second kappa shape index (κ2) is 4.59. The molecule has 68 valence electrons. The molecule has 0 heterocycles. The molecular formula is C7H13F3O. The van der Waals surface area contributed by atoms with E-state index in [9.17, 15) is 13.2 Å². The first-order valence-corrected chi connectivity index (χ1v) is 3.68. The molecule has 0 saturated heterocycles. The number of rotatable bonds is 4. The third-order valence-corrected chi connectivity index (χ3v) is 1.39. The van der Waals surface area contributed by atoms with E-state index in [4.69, 9.17) is 0 Å². The molecule has 11 heavy (non-hydrogen) atoms. The lowest BCUT2D eigenvalue weighted by Gasteiger charge is -2.14. The summed E-state index contributed by atoms with van der Waals surface area (Å²) in [5.74, 6) is 0. The second-order valence-electron chi connectivity index (χ2n) is 2.36. The van der Waals surface area contributed by atoms with Gasteiger partial charge in [-0.2, -0.15) is 13.2 Å². The molecule has 0 unspecified atom stereocenters. The summed E-state index contributed by atoms with van der Waals surface area (Å²) in [6.07, 6.45) is -3.18. The SMILES string of the molecule is CCC(CC)OCC(F)(F)F. The first-order valence-electron chi connectivity index (χ1n) is 3.68. The molecular weight excluding hydrogens is 157 g/mol. The van der Waals surface area contributed by atoms with E-state index >= 15 is 0 Å². The number of halogens is 3. The summed E-state index contributed by atoms with van der Waals surface area (Å²) in [5.41, 5.74) is 0. The zero-order valence-corrected chi connectivity index (χ0v) is 6.74. The average Bonchev–Trinajstić information content (AvgIpc) is 1.88. The van der Waals surface area contributed by atoms with E-state index in [0.717, 1.165) is 0 Å². The molecule has 0 aromatic heterocycles. The van der Waals surface area contributed by atoms with Gasteiger partial charge in [0.05, 0.1) is 6.10 Å². The van der Waals surface area contributed by atoms with Crippen LogP contribution < -0.4 is 0 Å². The Kier molecular flexibility index (Phi) is 4.49. The second-order valence-corrected chi connectivity index (χ2v) is 2.36. The van der Waals surface area contributed by atoms with E-state index in [1.165, 1.54) is 0 Å². The molecule has 0 aliphatic carbocycles. The van der Waals surface area contributed by atoms with E-state index in [1.807, 2.05) is 13.8 Å².